The number of halogens is 3. The minimum atomic E-state index is -1.20. The van der Waals surface area contributed by atoms with E-state index < -0.39 is 41.5 Å². The molecule has 2 aromatic carbocycles. The predicted octanol–water partition coefficient (Wildman–Crippen LogP) is 3.44. The van der Waals surface area contributed by atoms with E-state index in [1.807, 2.05) is 0 Å². The Kier molecular flexibility index (Phi) is 6.21. The van der Waals surface area contributed by atoms with Gasteiger partial charge in [0.1, 0.15) is 11.6 Å². The number of hydrogen-bond donors (Lipinski definition) is 1. The van der Waals surface area contributed by atoms with Gasteiger partial charge >= 0.3 is 5.97 Å². The Morgan fingerprint density at radius 2 is 1.58 bits per heavy atom. The van der Waals surface area contributed by atoms with Gasteiger partial charge in [0.25, 0.3) is 5.91 Å². The highest BCUT2D eigenvalue weighted by molar-refractivity contribution is 5.95. The van der Waals surface area contributed by atoms with Crippen molar-refractivity contribution in [3.63, 3.8) is 0 Å². The second-order valence-corrected chi connectivity index (χ2v) is 5.41. The van der Waals surface area contributed by atoms with Gasteiger partial charge in [-0.25, -0.2) is 18.0 Å². The molecule has 2 rings (SSSR count). The maximum Gasteiger partial charge on any atom is 0.347 e. The van der Waals surface area contributed by atoms with Gasteiger partial charge in [0, 0.05) is 11.8 Å². The number of benzene rings is 2. The lowest BCUT2D eigenvalue weighted by molar-refractivity contribution is -0.159. The normalized spacial score (nSPS) is 12.8. The third-order valence-electron chi connectivity index (χ3n) is 3.31. The third kappa shape index (κ3) is 5.23. The molecule has 0 aliphatic carbocycles. The molecule has 1 N–H and O–H groups in total. The van der Waals surface area contributed by atoms with E-state index in [9.17, 15) is 22.8 Å². The fourth-order valence-corrected chi connectivity index (χ4v) is 1.91. The lowest BCUT2D eigenvalue weighted by atomic mass is 10.2. The molecule has 1 amide bonds. The van der Waals surface area contributed by atoms with Crippen LogP contribution in [0.2, 0.25) is 0 Å². The lowest BCUT2D eigenvalue weighted by Crippen LogP contribution is -2.35. The summed E-state index contributed by atoms with van der Waals surface area (Å²) in [6, 6.07) is 7.88. The molecule has 0 saturated heterocycles. The highest BCUT2D eigenvalue weighted by Crippen LogP contribution is 2.15. The first-order valence-electron chi connectivity index (χ1n) is 7.65. The minimum Gasteiger partial charge on any atom is -0.479 e. The van der Waals surface area contributed by atoms with Crippen LogP contribution in [0.15, 0.2) is 42.5 Å². The first-order chi connectivity index (χ1) is 12.3. The number of rotatable bonds is 6. The molecule has 0 aliphatic rings. The fraction of sp³-hybridized carbons (Fsp3) is 0.222. The van der Waals surface area contributed by atoms with Crippen molar-refractivity contribution in [2.24, 2.45) is 0 Å². The Morgan fingerprint density at radius 3 is 2.19 bits per heavy atom. The van der Waals surface area contributed by atoms with Crippen molar-refractivity contribution < 1.29 is 32.2 Å². The largest absolute Gasteiger partial charge is 0.479 e. The smallest absolute Gasteiger partial charge is 0.347 e. The van der Waals surface area contributed by atoms with E-state index in [4.69, 9.17) is 9.47 Å². The Labute approximate surface area is 147 Å². The van der Waals surface area contributed by atoms with E-state index in [-0.39, 0.29) is 11.4 Å². The monoisotopic (exact) mass is 367 g/mol. The molecule has 138 valence electrons. The van der Waals surface area contributed by atoms with E-state index in [2.05, 4.69) is 5.32 Å². The van der Waals surface area contributed by atoms with Gasteiger partial charge in [0.2, 0.25) is 0 Å². The first kappa shape index (κ1) is 19.3. The van der Waals surface area contributed by atoms with Crippen molar-refractivity contribution in [1.29, 1.82) is 0 Å². The fourth-order valence-electron chi connectivity index (χ4n) is 1.91. The van der Waals surface area contributed by atoms with Crippen LogP contribution in [0.1, 0.15) is 13.8 Å². The maximum atomic E-state index is 13.1. The van der Waals surface area contributed by atoms with Gasteiger partial charge in [-0.2, -0.15) is 0 Å². The van der Waals surface area contributed by atoms with E-state index in [1.165, 1.54) is 44.2 Å². The molecule has 0 fully saturated rings. The van der Waals surface area contributed by atoms with Crippen LogP contribution in [0, 0.1) is 17.5 Å². The maximum absolute atomic E-state index is 13.1. The summed E-state index contributed by atoms with van der Waals surface area (Å²) in [6.07, 6.45) is -2.24. The van der Waals surface area contributed by atoms with Crippen molar-refractivity contribution in [3.05, 3.63) is 59.9 Å². The van der Waals surface area contributed by atoms with Gasteiger partial charge in [-0.15, -0.1) is 0 Å². The van der Waals surface area contributed by atoms with Crippen molar-refractivity contribution in [2.75, 3.05) is 5.32 Å². The number of nitrogens with one attached hydrogen (secondary N) is 1. The molecule has 0 radical (unpaired) electrons. The molecule has 0 aromatic heterocycles. The second kappa shape index (κ2) is 8.37. The van der Waals surface area contributed by atoms with Crippen LogP contribution in [-0.2, 0) is 14.3 Å². The number of carbonyl (C=O) groups is 2. The Bertz CT molecular complexity index is 796. The zero-order valence-corrected chi connectivity index (χ0v) is 14.0. The highest BCUT2D eigenvalue weighted by atomic mass is 19.2. The molecule has 0 unspecified atom stereocenters. The molecule has 8 heteroatoms. The van der Waals surface area contributed by atoms with Crippen LogP contribution in [0.4, 0.5) is 18.9 Å². The molecule has 0 spiro atoms. The SMILES string of the molecule is C[C@@H](OC(=O)[C@@H](C)Oc1ccc(F)cc1)C(=O)Nc1ccc(F)c(F)c1. The summed E-state index contributed by atoms with van der Waals surface area (Å²) in [5, 5.41) is 2.30. The van der Waals surface area contributed by atoms with Crippen LogP contribution < -0.4 is 10.1 Å². The molecule has 2 atom stereocenters. The highest BCUT2D eigenvalue weighted by Gasteiger charge is 2.23. The molecule has 0 aliphatic heterocycles. The third-order valence-corrected chi connectivity index (χ3v) is 3.31. The van der Waals surface area contributed by atoms with Crippen molar-refractivity contribution in [2.45, 2.75) is 26.1 Å². The van der Waals surface area contributed by atoms with Gasteiger partial charge in [0.15, 0.2) is 23.8 Å². The van der Waals surface area contributed by atoms with Crippen LogP contribution >= 0.6 is 0 Å². The van der Waals surface area contributed by atoms with Crippen molar-refractivity contribution in [1.82, 2.24) is 0 Å². The summed E-state index contributed by atoms with van der Waals surface area (Å²) < 4.78 is 49.1. The topological polar surface area (TPSA) is 64.6 Å². The summed E-state index contributed by atoms with van der Waals surface area (Å²) in [5.74, 6) is -3.89. The number of hydrogen-bond acceptors (Lipinski definition) is 4. The predicted molar refractivity (Wildman–Crippen MR) is 87.0 cm³/mol. The number of anilines is 1. The molecule has 0 bridgehead atoms. The summed E-state index contributed by atoms with van der Waals surface area (Å²) in [7, 11) is 0. The minimum absolute atomic E-state index is 0.0207. The van der Waals surface area contributed by atoms with E-state index in [1.54, 1.807) is 0 Å². The number of amides is 1. The van der Waals surface area contributed by atoms with Gasteiger partial charge in [0.05, 0.1) is 0 Å². The summed E-state index contributed by atoms with van der Waals surface area (Å²) in [5.41, 5.74) is 0.0207. The Morgan fingerprint density at radius 1 is 0.923 bits per heavy atom. The van der Waals surface area contributed by atoms with Gasteiger partial charge < -0.3 is 14.8 Å². The lowest BCUT2D eigenvalue weighted by Gasteiger charge is -2.18. The average Bonchev–Trinajstić information content (AvgIpc) is 2.60. The molecule has 26 heavy (non-hydrogen) atoms. The average molecular weight is 367 g/mol. The van der Waals surface area contributed by atoms with Gasteiger partial charge in [-0.3, -0.25) is 4.79 Å². The zero-order valence-electron chi connectivity index (χ0n) is 14.0. The van der Waals surface area contributed by atoms with Crippen molar-refractivity contribution in [3.8, 4) is 5.75 Å². The molecule has 2 aromatic rings. The van der Waals surface area contributed by atoms with Gasteiger partial charge in [-0.05, 0) is 50.2 Å². The summed E-state index contributed by atoms with van der Waals surface area (Å²) >= 11 is 0. The number of esters is 1. The zero-order chi connectivity index (χ0) is 19.3. The van der Waals surface area contributed by atoms with Crippen molar-refractivity contribution >= 4 is 17.6 Å². The molecule has 5 nitrogen and oxygen atoms in total. The molecule has 0 heterocycles. The molecule has 0 saturated carbocycles. The van der Waals surface area contributed by atoms with Crippen LogP contribution in [-0.4, -0.2) is 24.1 Å². The Hall–Kier alpha value is -3.03. The van der Waals surface area contributed by atoms with E-state index in [0.29, 0.717) is 0 Å². The van der Waals surface area contributed by atoms with E-state index in [0.717, 1.165) is 12.1 Å². The summed E-state index contributed by atoms with van der Waals surface area (Å²) in [4.78, 5) is 23.9. The Balaban J connectivity index is 1.89. The first-order valence-corrected chi connectivity index (χ1v) is 7.65. The van der Waals surface area contributed by atoms with Crippen LogP contribution in [0.5, 0.6) is 5.75 Å². The molecular weight excluding hydrogens is 351 g/mol. The molecular formula is C18H16F3NO4. The number of carbonyl (C=O) groups excluding carboxylic acids is 2. The quantitative estimate of drug-likeness (QED) is 0.795. The standard InChI is InChI=1S/C18H16F3NO4/c1-10(17(23)22-13-5-8-15(20)16(21)9-13)26-18(24)11(2)25-14-6-3-12(19)4-7-14/h3-11H,1-2H3,(H,22,23)/t10-,11-/m1/s1. The number of ether oxygens (including phenoxy) is 2. The van der Waals surface area contributed by atoms with Crippen LogP contribution in [0.3, 0.4) is 0 Å². The van der Waals surface area contributed by atoms with E-state index >= 15 is 0 Å². The summed E-state index contributed by atoms with van der Waals surface area (Å²) in [6.45, 7) is 2.73. The van der Waals surface area contributed by atoms with Crippen LogP contribution in [0.25, 0.3) is 0 Å². The van der Waals surface area contributed by atoms with Gasteiger partial charge in [-0.1, -0.05) is 0 Å². The second-order valence-electron chi connectivity index (χ2n) is 5.41.